The summed E-state index contributed by atoms with van der Waals surface area (Å²) in [7, 11) is 0. The van der Waals surface area contributed by atoms with Gasteiger partial charge < -0.3 is 20.7 Å². The van der Waals surface area contributed by atoms with Gasteiger partial charge in [0.2, 0.25) is 0 Å². The quantitative estimate of drug-likeness (QED) is 0.629. The standard InChI is InChI=1S/C10H13N5O3/c11-9-8-10(13-3-12-9)15(4-14-8)7-1-5(17)6(2-16)18-7/h3-7,16-17H,1-2H2,(H2,11,12,13)/t5-,6+,7?/m1/s1. The Bertz CT molecular complexity index is 572. The Morgan fingerprint density at radius 2 is 2.28 bits per heavy atom. The summed E-state index contributed by atoms with van der Waals surface area (Å²) < 4.78 is 7.22. The van der Waals surface area contributed by atoms with E-state index in [-0.39, 0.29) is 6.61 Å². The molecule has 2 aromatic heterocycles. The van der Waals surface area contributed by atoms with Crippen molar-refractivity contribution < 1.29 is 14.9 Å². The summed E-state index contributed by atoms with van der Waals surface area (Å²) in [6.45, 7) is -0.221. The van der Waals surface area contributed by atoms with E-state index in [1.807, 2.05) is 0 Å². The van der Waals surface area contributed by atoms with Crippen LogP contribution in [0.1, 0.15) is 12.6 Å². The first-order valence-electron chi connectivity index (χ1n) is 5.58. The number of hydrogen-bond acceptors (Lipinski definition) is 7. The molecule has 0 aromatic carbocycles. The van der Waals surface area contributed by atoms with Crippen molar-refractivity contribution in [2.45, 2.75) is 24.9 Å². The van der Waals surface area contributed by atoms with E-state index in [0.29, 0.717) is 23.4 Å². The van der Waals surface area contributed by atoms with Crippen LogP contribution >= 0.6 is 0 Å². The minimum atomic E-state index is -0.698. The molecule has 1 fully saturated rings. The number of aliphatic hydroxyl groups excluding tert-OH is 2. The van der Waals surface area contributed by atoms with Crippen molar-refractivity contribution in [3.05, 3.63) is 12.7 Å². The topological polar surface area (TPSA) is 119 Å². The van der Waals surface area contributed by atoms with Gasteiger partial charge in [0.15, 0.2) is 11.5 Å². The molecule has 0 radical (unpaired) electrons. The SMILES string of the molecule is Nc1ncnc2c1ncn2C1C[C@@H](O)[C@H](CO)O1. The maximum absolute atomic E-state index is 9.71. The number of fused-ring (bicyclic) bond motifs is 1. The van der Waals surface area contributed by atoms with Crippen LogP contribution in [-0.2, 0) is 4.74 Å². The van der Waals surface area contributed by atoms with Gasteiger partial charge in [0.25, 0.3) is 0 Å². The maximum atomic E-state index is 9.71. The zero-order valence-corrected chi connectivity index (χ0v) is 9.47. The summed E-state index contributed by atoms with van der Waals surface area (Å²) in [6, 6.07) is 0. The first-order chi connectivity index (χ1) is 8.70. The normalized spacial score (nSPS) is 28.0. The largest absolute Gasteiger partial charge is 0.394 e. The molecule has 3 atom stereocenters. The number of nitrogen functional groups attached to an aromatic ring is 1. The number of imidazole rings is 1. The number of anilines is 1. The first-order valence-corrected chi connectivity index (χ1v) is 5.58. The van der Waals surface area contributed by atoms with Gasteiger partial charge in [-0.1, -0.05) is 0 Å². The van der Waals surface area contributed by atoms with Crippen LogP contribution in [0.4, 0.5) is 5.82 Å². The van der Waals surface area contributed by atoms with Crippen LogP contribution in [0.25, 0.3) is 11.2 Å². The lowest BCUT2D eigenvalue weighted by Crippen LogP contribution is -2.24. The van der Waals surface area contributed by atoms with Crippen LogP contribution in [0.5, 0.6) is 0 Å². The van der Waals surface area contributed by atoms with Crippen molar-refractivity contribution in [3.8, 4) is 0 Å². The molecule has 8 heteroatoms. The highest BCUT2D eigenvalue weighted by Crippen LogP contribution is 2.30. The Kier molecular flexibility index (Phi) is 2.62. The lowest BCUT2D eigenvalue weighted by Gasteiger charge is -2.13. The fourth-order valence-electron chi connectivity index (χ4n) is 2.13. The Hall–Kier alpha value is -1.77. The summed E-state index contributed by atoms with van der Waals surface area (Å²) in [5.41, 5.74) is 6.75. The Balaban J connectivity index is 1.99. The predicted molar refractivity (Wildman–Crippen MR) is 61.4 cm³/mol. The molecule has 1 unspecified atom stereocenters. The second-order valence-electron chi connectivity index (χ2n) is 4.20. The average Bonchev–Trinajstić information content (AvgIpc) is 2.93. The first kappa shape index (κ1) is 11.3. The van der Waals surface area contributed by atoms with Gasteiger partial charge in [-0.2, -0.15) is 0 Å². The second kappa shape index (κ2) is 4.16. The molecule has 0 saturated carbocycles. The number of rotatable bonds is 2. The fourth-order valence-corrected chi connectivity index (χ4v) is 2.13. The van der Waals surface area contributed by atoms with Gasteiger partial charge in [-0.05, 0) is 0 Å². The zero-order valence-electron chi connectivity index (χ0n) is 9.47. The van der Waals surface area contributed by atoms with Gasteiger partial charge in [0.1, 0.15) is 24.2 Å². The molecule has 2 aromatic rings. The Morgan fingerprint density at radius 3 is 3.00 bits per heavy atom. The van der Waals surface area contributed by atoms with Gasteiger partial charge >= 0.3 is 0 Å². The van der Waals surface area contributed by atoms with E-state index in [9.17, 15) is 5.11 Å². The lowest BCUT2D eigenvalue weighted by atomic mass is 10.2. The van der Waals surface area contributed by atoms with Gasteiger partial charge in [0, 0.05) is 6.42 Å². The molecule has 1 saturated heterocycles. The lowest BCUT2D eigenvalue weighted by molar-refractivity contribution is -0.0432. The molecule has 1 aliphatic rings. The number of hydrogen-bond donors (Lipinski definition) is 3. The van der Waals surface area contributed by atoms with E-state index in [1.165, 1.54) is 6.33 Å². The predicted octanol–water partition coefficient (Wildman–Crippen LogP) is -0.951. The van der Waals surface area contributed by atoms with Crippen molar-refractivity contribution in [1.82, 2.24) is 19.5 Å². The van der Waals surface area contributed by atoms with E-state index < -0.39 is 18.4 Å². The fraction of sp³-hybridized carbons (Fsp3) is 0.500. The third-order valence-electron chi connectivity index (χ3n) is 3.08. The van der Waals surface area contributed by atoms with Crippen molar-refractivity contribution in [2.75, 3.05) is 12.3 Å². The van der Waals surface area contributed by atoms with Crippen LogP contribution in [0.15, 0.2) is 12.7 Å². The Morgan fingerprint density at radius 1 is 1.44 bits per heavy atom. The van der Waals surface area contributed by atoms with Gasteiger partial charge in [-0.15, -0.1) is 0 Å². The summed E-state index contributed by atoms with van der Waals surface area (Å²) in [4.78, 5) is 12.1. The van der Waals surface area contributed by atoms with E-state index in [4.69, 9.17) is 15.6 Å². The number of aliphatic hydroxyl groups is 2. The minimum Gasteiger partial charge on any atom is -0.394 e. The van der Waals surface area contributed by atoms with Crippen molar-refractivity contribution in [2.24, 2.45) is 0 Å². The van der Waals surface area contributed by atoms with Crippen molar-refractivity contribution in [3.63, 3.8) is 0 Å². The van der Waals surface area contributed by atoms with Gasteiger partial charge in [-0.3, -0.25) is 4.57 Å². The van der Waals surface area contributed by atoms with Crippen LogP contribution in [0.2, 0.25) is 0 Å². The molecule has 18 heavy (non-hydrogen) atoms. The number of aromatic nitrogens is 4. The summed E-state index contributed by atoms with van der Waals surface area (Å²) in [5.74, 6) is 0.302. The molecule has 96 valence electrons. The molecular weight excluding hydrogens is 238 g/mol. The Labute approximate surface area is 102 Å². The van der Waals surface area contributed by atoms with Crippen molar-refractivity contribution >= 4 is 17.0 Å². The molecule has 4 N–H and O–H groups in total. The molecule has 3 rings (SSSR count). The van der Waals surface area contributed by atoms with Gasteiger partial charge in [-0.25, -0.2) is 15.0 Å². The van der Waals surface area contributed by atoms with Gasteiger partial charge in [0.05, 0.1) is 19.0 Å². The number of ether oxygens (including phenoxy) is 1. The molecule has 8 nitrogen and oxygen atoms in total. The van der Waals surface area contributed by atoms with Crippen LogP contribution < -0.4 is 5.73 Å². The third kappa shape index (κ3) is 1.62. The molecule has 3 heterocycles. The molecule has 0 spiro atoms. The molecular formula is C10H13N5O3. The highest BCUT2D eigenvalue weighted by molar-refractivity contribution is 5.81. The van der Waals surface area contributed by atoms with Crippen LogP contribution in [0.3, 0.4) is 0 Å². The minimum absolute atomic E-state index is 0.221. The molecule has 0 aliphatic carbocycles. The molecule has 0 amide bonds. The third-order valence-corrected chi connectivity index (χ3v) is 3.08. The number of nitrogens with two attached hydrogens (primary N) is 1. The van der Waals surface area contributed by atoms with Crippen LogP contribution in [-0.4, -0.2) is 48.5 Å². The maximum Gasteiger partial charge on any atom is 0.167 e. The highest BCUT2D eigenvalue weighted by atomic mass is 16.5. The monoisotopic (exact) mass is 251 g/mol. The van der Waals surface area contributed by atoms with E-state index in [0.717, 1.165) is 0 Å². The highest BCUT2D eigenvalue weighted by Gasteiger charge is 2.35. The van der Waals surface area contributed by atoms with E-state index in [1.54, 1.807) is 10.9 Å². The smallest absolute Gasteiger partial charge is 0.167 e. The zero-order chi connectivity index (χ0) is 12.7. The van der Waals surface area contributed by atoms with E-state index >= 15 is 0 Å². The summed E-state index contributed by atoms with van der Waals surface area (Å²) in [6.07, 6.45) is 1.60. The van der Waals surface area contributed by atoms with Crippen LogP contribution in [0, 0.1) is 0 Å². The van der Waals surface area contributed by atoms with Crippen molar-refractivity contribution in [1.29, 1.82) is 0 Å². The van der Waals surface area contributed by atoms with E-state index in [2.05, 4.69) is 15.0 Å². The molecule has 1 aliphatic heterocycles. The average molecular weight is 251 g/mol. The summed E-state index contributed by atoms with van der Waals surface area (Å²) in [5, 5.41) is 18.8. The molecule has 0 bridgehead atoms. The second-order valence-corrected chi connectivity index (χ2v) is 4.20. The number of nitrogens with zero attached hydrogens (tertiary/aromatic N) is 4. The summed E-state index contributed by atoms with van der Waals surface area (Å²) >= 11 is 0.